The zero-order valence-electron chi connectivity index (χ0n) is 15.5. The Kier molecular flexibility index (Phi) is 5.10. The van der Waals surface area contributed by atoms with E-state index in [0.29, 0.717) is 49.3 Å². The number of benzene rings is 1. The maximum absolute atomic E-state index is 12.9. The van der Waals surface area contributed by atoms with Gasteiger partial charge in [-0.2, -0.15) is 4.98 Å². The van der Waals surface area contributed by atoms with Crippen molar-refractivity contribution in [1.82, 2.24) is 19.6 Å². The molecule has 3 heterocycles. The number of carbonyl (C=O) groups excluding carboxylic acids is 1. The number of carbonyl (C=O) groups is 1. The fraction of sp³-hybridized carbons (Fsp3) is 0.350. The Morgan fingerprint density at radius 1 is 1.32 bits per heavy atom. The van der Waals surface area contributed by atoms with Gasteiger partial charge in [0.25, 0.3) is 5.91 Å². The lowest BCUT2D eigenvalue weighted by Gasteiger charge is -2.16. The van der Waals surface area contributed by atoms with Crippen molar-refractivity contribution in [3.63, 3.8) is 0 Å². The molecule has 1 amide bonds. The van der Waals surface area contributed by atoms with Crippen LogP contribution in [0.1, 0.15) is 34.5 Å². The summed E-state index contributed by atoms with van der Waals surface area (Å²) in [5.74, 6) is 1.47. The molecule has 28 heavy (non-hydrogen) atoms. The van der Waals surface area contributed by atoms with Gasteiger partial charge in [-0.15, -0.1) is 0 Å². The molecule has 0 bridgehead atoms. The summed E-state index contributed by atoms with van der Waals surface area (Å²) in [4.78, 5) is 18.9. The van der Waals surface area contributed by atoms with Gasteiger partial charge in [-0.1, -0.05) is 5.16 Å². The Labute approximate surface area is 161 Å². The van der Waals surface area contributed by atoms with Crippen molar-refractivity contribution in [2.24, 2.45) is 7.05 Å². The largest absolute Gasteiger partial charge is 0.493 e. The number of nitrogens with zero attached hydrogens (tertiary/aromatic N) is 4. The zero-order valence-corrected chi connectivity index (χ0v) is 15.5. The van der Waals surface area contributed by atoms with Gasteiger partial charge in [0.05, 0.1) is 12.5 Å². The van der Waals surface area contributed by atoms with Gasteiger partial charge in [0, 0.05) is 32.8 Å². The van der Waals surface area contributed by atoms with Crippen molar-refractivity contribution in [2.75, 3.05) is 19.7 Å². The SMILES string of the molecule is Cn1cccc1C(=O)N1CCC(c2nc(CCOc3ccc(F)cc3)no2)C1. The number of hydrogen-bond acceptors (Lipinski definition) is 5. The molecule has 0 aliphatic carbocycles. The lowest BCUT2D eigenvalue weighted by Crippen LogP contribution is -2.29. The summed E-state index contributed by atoms with van der Waals surface area (Å²) in [6.07, 6.45) is 3.14. The van der Waals surface area contributed by atoms with Crippen LogP contribution < -0.4 is 4.74 Å². The number of likely N-dealkylation sites (tertiary alicyclic amines) is 1. The molecule has 0 saturated carbocycles. The van der Waals surface area contributed by atoms with Crippen molar-refractivity contribution < 1.29 is 18.4 Å². The summed E-state index contributed by atoms with van der Waals surface area (Å²) in [5.41, 5.74) is 0.671. The molecule has 2 aromatic heterocycles. The van der Waals surface area contributed by atoms with Crippen LogP contribution in [-0.4, -0.2) is 45.2 Å². The summed E-state index contributed by atoms with van der Waals surface area (Å²) in [6.45, 7) is 1.60. The predicted molar refractivity (Wildman–Crippen MR) is 98.6 cm³/mol. The Bertz CT molecular complexity index is 951. The minimum atomic E-state index is -0.300. The second kappa shape index (κ2) is 7.84. The van der Waals surface area contributed by atoms with Crippen LogP contribution in [0.2, 0.25) is 0 Å². The first kappa shape index (κ1) is 18.2. The fourth-order valence-corrected chi connectivity index (χ4v) is 3.32. The van der Waals surface area contributed by atoms with E-state index in [4.69, 9.17) is 9.26 Å². The summed E-state index contributed by atoms with van der Waals surface area (Å²) in [7, 11) is 1.86. The Morgan fingerprint density at radius 2 is 2.14 bits per heavy atom. The Hall–Kier alpha value is -3.16. The highest BCUT2D eigenvalue weighted by atomic mass is 19.1. The van der Waals surface area contributed by atoms with E-state index in [1.54, 1.807) is 12.1 Å². The van der Waals surface area contributed by atoms with Gasteiger partial charge < -0.3 is 18.7 Å². The normalized spacial score (nSPS) is 16.5. The van der Waals surface area contributed by atoms with Crippen molar-refractivity contribution >= 4 is 5.91 Å². The van der Waals surface area contributed by atoms with Crippen molar-refractivity contribution in [2.45, 2.75) is 18.8 Å². The third-order valence-corrected chi connectivity index (χ3v) is 4.88. The summed E-state index contributed by atoms with van der Waals surface area (Å²) in [5, 5.41) is 4.01. The van der Waals surface area contributed by atoms with Crippen LogP contribution in [0, 0.1) is 5.82 Å². The van der Waals surface area contributed by atoms with Gasteiger partial charge in [-0.25, -0.2) is 4.39 Å². The molecule has 146 valence electrons. The lowest BCUT2D eigenvalue weighted by molar-refractivity contribution is 0.0780. The molecule has 8 heteroatoms. The average Bonchev–Trinajstić information content (AvgIpc) is 3.43. The van der Waals surface area contributed by atoms with Gasteiger partial charge >= 0.3 is 0 Å². The topological polar surface area (TPSA) is 73.4 Å². The summed E-state index contributed by atoms with van der Waals surface area (Å²) in [6, 6.07) is 9.54. The Morgan fingerprint density at radius 3 is 2.89 bits per heavy atom. The van der Waals surface area contributed by atoms with Crippen molar-refractivity contribution in [3.8, 4) is 5.75 Å². The molecule has 1 aliphatic heterocycles. The van der Waals surface area contributed by atoms with Crippen LogP contribution >= 0.6 is 0 Å². The van der Waals surface area contributed by atoms with Gasteiger partial charge in [0.1, 0.15) is 17.3 Å². The maximum Gasteiger partial charge on any atom is 0.270 e. The molecule has 1 fully saturated rings. The average molecular weight is 384 g/mol. The highest BCUT2D eigenvalue weighted by Gasteiger charge is 2.32. The molecule has 4 rings (SSSR count). The third kappa shape index (κ3) is 3.90. The van der Waals surface area contributed by atoms with Crippen LogP contribution in [0.25, 0.3) is 0 Å². The highest BCUT2D eigenvalue weighted by Crippen LogP contribution is 2.27. The number of rotatable bonds is 6. The maximum atomic E-state index is 12.9. The minimum Gasteiger partial charge on any atom is -0.493 e. The molecule has 0 spiro atoms. The lowest BCUT2D eigenvalue weighted by atomic mass is 10.1. The van der Waals surface area contributed by atoms with Gasteiger partial charge in [0.2, 0.25) is 5.89 Å². The van der Waals surface area contributed by atoms with Gasteiger partial charge in [-0.05, 0) is 42.8 Å². The van der Waals surface area contributed by atoms with Crippen molar-refractivity contribution in [3.05, 3.63) is 65.8 Å². The van der Waals surface area contributed by atoms with Crippen LogP contribution in [0.5, 0.6) is 5.75 Å². The summed E-state index contributed by atoms with van der Waals surface area (Å²) < 4.78 is 25.7. The second-order valence-corrected chi connectivity index (χ2v) is 6.84. The number of halogens is 1. The van der Waals surface area contributed by atoms with E-state index < -0.39 is 0 Å². The van der Waals surface area contributed by atoms with E-state index in [-0.39, 0.29) is 17.6 Å². The molecule has 1 atom stereocenters. The van der Waals surface area contributed by atoms with E-state index in [9.17, 15) is 9.18 Å². The smallest absolute Gasteiger partial charge is 0.270 e. The zero-order chi connectivity index (χ0) is 19.5. The first-order chi connectivity index (χ1) is 13.6. The molecule has 0 radical (unpaired) electrons. The van der Waals surface area contributed by atoms with Gasteiger partial charge in [0.15, 0.2) is 5.82 Å². The van der Waals surface area contributed by atoms with E-state index in [2.05, 4.69) is 10.1 Å². The molecule has 1 saturated heterocycles. The van der Waals surface area contributed by atoms with Crippen LogP contribution in [0.15, 0.2) is 47.1 Å². The van der Waals surface area contributed by atoms with Crippen LogP contribution in [0.3, 0.4) is 0 Å². The number of aromatic nitrogens is 3. The van der Waals surface area contributed by atoms with Crippen LogP contribution in [0.4, 0.5) is 4.39 Å². The predicted octanol–water partition coefficient (Wildman–Crippen LogP) is 2.80. The fourth-order valence-electron chi connectivity index (χ4n) is 3.32. The first-order valence-corrected chi connectivity index (χ1v) is 9.21. The van der Waals surface area contributed by atoms with E-state index >= 15 is 0 Å². The van der Waals surface area contributed by atoms with E-state index in [0.717, 1.165) is 6.42 Å². The van der Waals surface area contributed by atoms with Crippen molar-refractivity contribution in [1.29, 1.82) is 0 Å². The molecule has 7 nitrogen and oxygen atoms in total. The molecular formula is C20H21FN4O3. The highest BCUT2D eigenvalue weighted by molar-refractivity contribution is 5.93. The minimum absolute atomic E-state index is 0.0161. The van der Waals surface area contributed by atoms with E-state index in [1.165, 1.54) is 12.1 Å². The molecular weight excluding hydrogens is 363 g/mol. The standard InChI is InChI=1S/C20H21FN4O3/c1-24-10-2-3-17(24)20(26)25-11-8-14(13-25)19-22-18(23-28-19)9-12-27-16-6-4-15(21)5-7-16/h2-7,10,14H,8-9,11-13H2,1H3. The number of ether oxygens (including phenoxy) is 1. The molecule has 0 N–H and O–H groups in total. The molecule has 1 unspecified atom stereocenters. The van der Waals surface area contributed by atoms with Crippen LogP contribution in [-0.2, 0) is 13.5 Å². The number of hydrogen-bond donors (Lipinski definition) is 0. The third-order valence-electron chi connectivity index (χ3n) is 4.88. The van der Waals surface area contributed by atoms with E-state index in [1.807, 2.05) is 34.8 Å². The monoisotopic (exact) mass is 384 g/mol. The molecule has 1 aliphatic rings. The Balaban J connectivity index is 1.30. The first-order valence-electron chi connectivity index (χ1n) is 9.21. The summed E-state index contributed by atoms with van der Waals surface area (Å²) >= 11 is 0. The molecule has 3 aromatic rings. The quantitative estimate of drug-likeness (QED) is 0.653. The van der Waals surface area contributed by atoms with Gasteiger partial charge in [-0.3, -0.25) is 4.79 Å². The molecule has 1 aromatic carbocycles. The number of aryl methyl sites for hydroxylation is 1. The second-order valence-electron chi connectivity index (χ2n) is 6.84. The number of amides is 1.